The minimum absolute atomic E-state index is 0.290. The number of ether oxygens (including phenoxy) is 1. The second-order valence-electron chi connectivity index (χ2n) is 3.55. The lowest BCUT2D eigenvalue weighted by Gasteiger charge is -2.14. The second-order valence-corrected chi connectivity index (χ2v) is 3.55. The summed E-state index contributed by atoms with van der Waals surface area (Å²) < 4.78 is 5.07. The van der Waals surface area contributed by atoms with E-state index in [0.29, 0.717) is 11.3 Å². The van der Waals surface area contributed by atoms with Crippen molar-refractivity contribution in [1.29, 1.82) is 0 Å². The molecule has 1 aromatic rings. The van der Waals surface area contributed by atoms with Crippen molar-refractivity contribution in [3.8, 4) is 5.75 Å². The fraction of sp³-hybridized carbons (Fsp3) is 0.364. The topological polar surface area (TPSA) is 89.7 Å². The van der Waals surface area contributed by atoms with Gasteiger partial charge in [0.1, 0.15) is 5.75 Å². The van der Waals surface area contributed by atoms with Gasteiger partial charge in [-0.25, -0.2) is 0 Å². The summed E-state index contributed by atoms with van der Waals surface area (Å²) in [7, 11) is 1.45. The summed E-state index contributed by atoms with van der Waals surface area (Å²) in [4.78, 5) is 20.7. The Bertz CT molecular complexity index is 402. The van der Waals surface area contributed by atoms with Crippen molar-refractivity contribution in [2.75, 3.05) is 13.7 Å². The largest absolute Gasteiger partial charge is 0.496 e. The molecular formula is C11H13NO5. The Morgan fingerprint density at radius 3 is 2.71 bits per heavy atom. The molecule has 0 aliphatic heterocycles. The molecule has 0 heterocycles. The maximum absolute atomic E-state index is 10.7. The Labute approximate surface area is 98.0 Å². The molecule has 6 nitrogen and oxygen atoms in total. The van der Waals surface area contributed by atoms with Gasteiger partial charge < -0.3 is 9.84 Å². The van der Waals surface area contributed by atoms with E-state index in [2.05, 4.69) is 0 Å². The number of carbonyl (C=O) groups is 1. The van der Waals surface area contributed by atoms with E-state index in [-0.39, 0.29) is 6.42 Å². The van der Waals surface area contributed by atoms with Crippen LogP contribution in [0.15, 0.2) is 24.3 Å². The number of nitro groups is 1. The maximum atomic E-state index is 10.7. The van der Waals surface area contributed by atoms with E-state index in [1.807, 2.05) is 0 Å². The van der Waals surface area contributed by atoms with Crippen LogP contribution < -0.4 is 4.74 Å². The van der Waals surface area contributed by atoms with Crippen LogP contribution in [0, 0.1) is 10.1 Å². The molecule has 0 amide bonds. The lowest BCUT2D eigenvalue weighted by Crippen LogP contribution is -2.17. The third-order valence-electron chi connectivity index (χ3n) is 2.37. The molecule has 17 heavy (non-hydrogen) atoms. The quantitative estimate of drug-likeness (QED) is 0.600. The van der Waals surface area contributed by atoms with Crippen molar-refractivity contribution in [3.63, 3.8) is 0 Å². The molecule has 1 aromatic carbocycles. The molecule has 0 fully saturated rings. The Kier molecular flexibility index (Phi) is 4.45. The van der Waals surface area contributed by atoms with Crippen LogP contribution in [0.1, 0.15) is 17.9 Å². The zero-order valence-electron chi connectivity index (χ0n) is 9.33. The van der Waals surface area contributed by atoms with Crippen LogP contribution in [0.3, 0.4) is 0 Å². The molecule has 0 bridgehead atoms. The Hall–Kier alpha value is -2.11. The SMILES string of the molecule is COc1ccccc1[C@H](CC(=O)O)C[N+](=O)[O-]. The van der Waals surface area contributed by atoms with E-state index in [4.69, 9.17) is 9.84 Å². The molecule has 1 atom stereocenters. The molecule has 0 unspecified atom stereocenters. The first-order valence-electron chi connectivity index (χ1n) is 5.01. The number of carboxylic acids is 1. The number of aliphatic carboxylic acids is 1. The van der Waals surface area contributed by atoms with Crippen LogP contribution in [0.2, 0.25) is 0 Å². The highest BCUT2D eigenvalue weighted by Crippen LogP contribution is 2.28. The van der Waals surface area contributed by atoms with Gasteiger partial charge in [0.2, 0.25) is 6.54 Å². The number of hydrogen-bond donors (Lipinski definition) is 1. The van der Waals surface area contributed by atoms with E-state index in [1.54, 1.807) is 24.3 Å². The molecule has 0 aromatic heterocycles. The highest BCUT2D eigenvalue weighted by molar-refractivity contribution is 5.68. The fourth-order valence-corrected chi connectivity index (χ4v) is 1.67. The summed E-state index contributed by atoms with van der Waals surface area (Å²) in [5.74, 6) is -1.28. The van der Waals surface area contributed by atoms with Crippen molar-refractivity contribution < 1.29 is 19.6 Å². The van der Waals surface area contributed by atoms with Gasteiger partial charge in [0, 0.05) is 10.5 Å². The van der Waals surface area contributed by atoms with Crippen LogP contribution in [0.5, 0.6) is 5.75 Å². The highest BCUT2D eigenvalue weighted by atomic mass is 16.6. The number of rotatable bonds is 6. The van der Waals surface area contributed by atoms with Crippen molar-refractivity contribution in [3.05, 3.63) is 39.9 Å². The van der Waals surface area contributed by atoms with Gasteiger partial charge in [-0.1, -0.05) is 18.2 Å². The van der Waals surface area contributed by atoms with Crippen LogP contribution in [0.4, 0.5) is 0 Å². The minimum atomic E-state index is -1.07. The molecule has 0 saturated carbocycles. The first-order chi connectivity index (χ1) is 8.04. The number of carboxylic acid groups (broad SMARTS) is 1. The van der Waals surface area contributed by atoms with Gasteiger partial charge in [-0.3, -0.25) is 14.9 Å². The third-order valence-corrected chi connectivity index (χ3v) is 2.37. The smallest absolute Gasteiger partial charge is 0.304 e. The summed E-state index contributed by atoms with van der Waals surface area (Å²) in [6.45, 7) is -0.424. The van der Waals surface area contributed by atoms with Gasteiger partial charge in [0.05, 0.1) is 19.4 Å². The third kappa shape index (κ3) is 3.75. The zero-order chi connectivity index (χ0) is 12.8. The van der Waals surface area contributed by atoms with E-state index in [1.165, 1.54) is 7.11 Å². The van der Waals surface area contributed by atoms with Crippen LogP contribution in [0.25, 0.3) is 0 Å². The van der Waals surface area contributed by atoms with E-state index in [0.717, 1.165) is 0 Å². The van der Waals surface area contributed by atoms with Gasteiger partial charge >= 0.3 is 5.97 Å². The second kappa shape index (κ2) is 5.83. The minimum Gasteiger partial charge on any atom is -0.496 e. The number of benzene rings is 1. The summed E-state index contributed by atoms with van der Waals surface area (Å²) in [5, 5.41) is 19.3. The molecule has 1 rings (SSSR count). The lowest BCUT2D eigenvalue weighted by atomic mass is 9.95. The molecule has 0 aliphatic carbocycles. The van der Waals surface area contributed by atoms with Gasteiger partial charge in [-0.2, -0.15) is 0 Å². The zero-order valence-corrected chi connectivity index (χ0v) is 9.33. The molecule has 6 heteroatoms. The standard InChI is InChI=1S/C11H13NO5/c1-17-10-5-3-2-4-9(10)8(6-11(13)14)7-12(15)16/h2-5,8H,6-7H2,1H3,(H,13,14)/t8-/m1/s1. The van der Waals surface area contributed by atoms with Crippen molar-refractivity contribution in [2.45, 2.75) is 12.3 Å². The van der Waals surface area contributed by atoms with Crippen molar-refractivity contribution in [1.82, 2.24) is 0 Å². The number of methoxy groups -OCH3 is 1. The average Bonchev–Trinajstić information content (AvgIpc) is 2.27. The predicted octanol–water partition coefficient (Wildman–Crippen LogP) is 1.53. The van der Waals surface area contributed by atoms with Crippen LogP contribution >= 0.6 is 0 Å². The summed E-state index contributed by atoms with van der Waals surface area (Å²) in [6, 6.07) is 6.74. The summed E-state index contributed by atoms with van der Waals surface area (Å²) in [6.07, 6.45) is -0.290. The molecule has 92 valence electrons. The number of hydrogen-bond acceptors (Lipinski definition) is 4. The molecule has 0 saturated heterocycles. The Balaban J connectivity index is 3.02. The molecule has 0 radical (unpaired) electrons. The number of nitrogens with zero attached hydrogens (tertiary/aromatic N) is 1. The van der Waals surface area contributed by atoms with Crippen LogP contribution in [-0.2, 0) is 4.79 Å². The lowest BCUT2D eigenvalue weighted by molar-refractivity contribution is -0.483. The van der Waals surface area contributed by atoms with Crippen LogP contribution in [-0.4, -0.2) is 29.7 Å². The molecular weight excluding hydrogens is 226 g/mol. The first-order valence-corrected chi connectivity index (χ1v) is 5.01. The van der Waals surface area contributed by atoms with Crippen molar-refractivity contribution >= 4 is 5.97 Å². The summed E-state index contributed by atoms with van der Waals surface area (Å²) >= 11 is 0. The van der Waals surface area contributed by atoms with E-state index in [9.17, 15) is 14.9 Å². The Morgan fingerprint density at radius 2 is 2.18 bits per heavy atom. The highest BCUT2D eigenvalue weighted by Gasteiger charge is 2.23. The number of para-hydroxylation sites is 1. The first kappa shape index (κ1) is 13.0. The molecule has 0 spiro atoms. The van der Waals surface area contributed by atoms with Gasteiger partial charge in [0.15, 0.2) is 0 Å². The normalized spacial score (nSPS) is 11.8. The van der Waals surface area contributed by atoms with E-state index >= 15 is 0 Å². The van der Waals surface area contributed by atoms with E-state index < -0.39 is 23.4 Å². The summed E-state index contributed by atoms with van der Waals surface area (Å²) in [5.41, 5.74) is 0.550. The maximum Gasteiger partial charge on any atom is 0.304 e. The fourth-order valence-electron chi connectivity index (χ4n) is 1.67. The van der Waals surface area contributed by atoms with Gasteiger partial charge in [0.25, 0.3) is 0 Å². The average molecular weight is 239 g/mol. The Morgan fingerprint density at radius 1 is 1.53 bits per heavy atom. The predicted molar refractivity (Wildman–Crippen MR) is 59.8 cm³/mol. The molecule has 1 N–H and O–H groups in total. The van der Waals surface area contributed by atoms with Gasteiger partial charge in [-0.15, -0.1) is 0 Å². The monoisotopic (exact) mass is 239 g/mol. The van der Waals surface area contributed by atoms with Crippen molar-refractivity contribution in [2.24, 2.45) is 0 Å². The molecule has 0 aliphatic rings. The van der Waals surface area contributed by atoms with Gasteiger partial charge in [-0.05, 0) is 6.07 Å².